The summed E-state index contributed by atoms with van der Waals surface area (Å²) in [7, 11) is 0. The molecule has 1 heterocycles. The normalized spacial score (nSPS) is 31.7. The third-order valence-electron chi connectivity index (χ3n) is 4.79. The van der Waals surface area contributed by atoms with Crippen LogP contribution in [0.1, 0.15) is 39.5 Å². The lowest BCUT2D eigenvalue weighted by Crippen LogP contribution is -2.54. The van der Waals surface area contributed by atoms with Gasteiger partial charge in [-0.1, -0.05) is 19.8 Å². The fraction of sp³-hybridized carbons (Fsp3) is 1.00. The molecule has 2 atom stereocenters. The zero-order valence-electron chi connectivity index (χ0n) is 12.5. The smallest absolute Gasteiger partial charge is 0.0933 e. The highest BCUT2D eigenvalue weighted by atomic mass is 16.5. The van der Waals surface area contributed by atoms with Gasteiger partial charge in [0.2, 0.25) is 0 Å². The lowest BCUT2D eigenvalue weighted by Gasteiger charge is -2.43. The number of nitrogens with one attached hydrogen (secondary N) is 1. The minimum atomic E-state index is 0.00814. The maximum absolute atomic E-state index is 9.30. The molecule has 0 aromatic rings. The number of nitrogens with zero attached hydrogens (tertiary/aromatic N) is 1. The van der Waals surface area contributed by atoms with Crippen molar-refractivity contribution in [1.82, 2.24) is 10.2 Å². The third kappa shape index (κ3) is 3.91. The number of ether oxygens (including phenoxy) is 1. The minimum Gasteiger partial charge on any atom is -0.394 e. The highest BCUT2D eigenvalue weighted by Crippen LogP contribution is 2.39. The molecule has 1 saturated carbocycles. The number of hydrogen-bond acceptors (Lipinski definition) is 4. The molecular weight excluding hydrogens is 240 g/mol. The first-order chi connectivity index (χ1) is 9.19. The van der Waals surface area contributed by atoms with E-state index in [0.717, 1.165) is 32.8 Å². The van der Waals surface area contributed by atoms with Crippen LogP contribution in [0.25, 0.3) is 0 Å². The van der Waals surface area contributed by atoms with Gasteiger partial charge in [-0.05, 0) is 31.7 Å². The van der Waals surface area contributed by atoms with E-state index >= 15 is 0 Å². The van der Waals surface area contributed by atoms with E-state index in [1.807, 2.05) is 0 Å². The van der Waals surface area contributed by atoms with E-state index in [2.05, 4.69) is 24.1 Å². The largest absolute Gasteiger partial charge is 0.394 e. The van der Waals surface area contributed by atoms with Crippen LogP contribution in [0.4, 0.5) is 0 Å². The summed E-state index contributed by atoms with van der Waals surface area (Å²) in [5.41, 5.74) is 0.446. The molecular formula is C15H30N2O2. The number of rotatable bonds is 6. The van der Waals surface area contributed by atoms with Crippen molar-refractivity contribution in [3.63, 3.8) is 0 Å². The van der Waals surface area contributed by atoms with E-state index in [9.17, 15) is 5.11 Å². The Morgan fingerprint density at radius 2 is 2.11 bits per heavy atom. The fourth-order valence-corrected chi connectivity index (χ4v) is 3.54. The van der Waals surface area contributed by atoms with Crippen molar-refractivity contribution in [1.29, 1.82) is 0 Å². The molecule has 0 aromatic heterocycles. The molecule has 1 aliphatic heterocycles. The van der Waals surface area contributed by atoms with Crippen LogP contribution in [0.5, 0.6) is 0 Å². The summed E-state index contributed by atoms with van der Waals surface area (Å²) in [6, 6.07) is 0.474. The summed E-state index contributed by atoms with van der Waals surface area (Å²) in [6.07, 6.45) is 5.43. The lowest BCUT2D eigenvalue weighted by atomic mass is 9.84. The van der Waals surface area contributed by atoms with Crippen molar-refractivity contribution >= 4 is 0 Å². The van der Waals surface area contributed by atoms with E-state index in [1.165, 1.54) is 25.7 Å². The molecule has 0 aromatic carbocycles. The Morgan fingerprint density at radius 1 is 1.37 bits per heavy atom. The molecule has 2 rings (SSSR count). The van der Waals surface area contributed by atoms with Gasteiger partial charge in [0.15, 0.2) is 0 Å². The predicted molar refractivity (Wildman–Crippen MR) is 77.3 cm³/mol. The molecule has 2 N–H and O–H groups in total. The van der Waals surface area contributed by atoms with Crippen molar-refractivity contribution in [3.05, 3.63) is 0 Å². The predicted octanol–water partition coefficient (Wildman–Crippen LogP) is 1.24. The second kappa shape index (κ2) is 7.02. The molecule has 1 aliphatic carbocycles. The van der Waals surface area contributed by atoms with Gasteiger partial charge in [-0.25, -0.2) is 0 Å². The third-order valence-corrected chi connectivity index (χ3v) is 4.79. The first-order valence-electron chi connectivity index (χ1n) is 7.86. The van der Waals surface area contributed by atoms with Crippen LogP contribution in [0.2, 0.25) is 0 Å². The maximum Gasteiger partial charge on any atom is 0.0933 e. The van der Waals surface area contributed by atoms with E-state index in [0.29, 0.717) is 11.5 Å². The highest BCUT2D eigenvalue weighted by Gasteiger charge is 2.38. The molecule has 4 nitrogen and oxygen atoms in total. The van der Waals surface area contributed by atoms with Gasteiger partial charge in [0.05, 0.1) is 19.3 Å². The van der Waals surface area contributed by atoms with Gasteiger partial charge < -0.3 is 15.2 Å². The Balaban J connectivity index is 1.95. The summed E-state index contributed by atoms with van der Waals surface area (Å²) in [6.45, 7) is 9.54. The first kappa shape index (κ1) is 15.2. The molecule has 0 radical (unpaired) electrons. The Bertz CT molecular complexity index is 267. The zero-order valence-corrected chi connectivity index (χ0v) is 12.5. The second-order valence-corrected chi connectivity index (χ2v) is 6.40. The van der Waals surface area contributed by atoms with Crippen molar-refractivity contribution in [2.45, 2.75) is 51.7 Å². The molecule has 2 unspecified atom stereocenters. The van der Waals surface area contributed by atoms with E-state index in [4.69, 9.17) is 4.74 Å². The average molecular weight is 270 g/mol. The molecule has 2 aliphatic rings. The topological polar surface area (TPSA) is 44.7 Å². The Labute approximate surface area is 117 Å². The van der Waals surface area contributed by atoms with Gasteiger partial charge in [0.1, 0.15) is 0 Å². The van der Waals surface area contributed by atoms with Crippen molar-refractivity contribution in [2.24, 2.45) is 5.41 Å². The Kier molecular flexibility index (Phi) is 5.63. The summed E-state index contributed by atoms with van der Waals surface area (Å²) in [5, 5.41) is 12.9. The monoisotopic (exact) mass is 270 g/mol. The highest BCUT2D eigenvalue weighted by molar-refractivity contribution is 4.92. The van der Waals surface area contributed by atoms with Crippen LogP contribution in [0.15, 0.2) is 0 Å². The first-order valence-corrected chi connectivity index (χ1v) is 7.86. The molecule has 4 heteroatoms. The number of morpholine rings is 1. The van der Waals surface area contributed by atoms with Crippen LogP contribution in [0.3, 0.4) is 0 Å². The lowest BCUT2D eigenvalue weighted by molar-refractivity contribution is -0.0877. The number of hydrogen-bond donors (Lipinski definition) is 2. The summed E-state index contributed by atoms with van der Waals surface area (Å²) >= 11 is 0. The summed E-state index contributed by atoms with van der Waals surface area (Å²) in [5.74, 6) is 0. The quantitative estimate of drug-likeness (QED) is 0.762. The molecule has 19 heavy (non-hydrogen) atoms. The van der Waals surface area contributed by atoms with E-state index < -0.39 is 0 Å². The van der Waals surface area contributed by atoms with Crippen LogP contribution >= 0.6 is 0 Å². The second-order valence-electron chi connectivity index (χ2n) is 6.40. The average Bonchev–Trinajstić information content (AvgIpc) is 2.88. The maximum atomic E-state index is 9.30. The van der Waals surface area contributed by atoms with Crippen molar-refractivity contribution in [2.75, 3.05) is 39.4 Å². The number of aliphatic hydroxyl groups excluding tert-OH is 1. The van der Waals surface area contributed by atoms with Gasteiger partial charge >= 0.3 is 0 Å². The van der Waals surface area contributed by atoms with Crippen LogP contribution < -0.4 is 5.32 Å². The SMILES string of the molecule is CCNCC1(CN2CC(CO)OCC2C)CCCC1. The van der Waals surface area contributed by atoms with Gasteiger partial charge in [-0.15, -0.1) is 0 Å². The van der Waals surface area contributed by atoms with Crippen LogP contribution in [0, 0.1) is 5.41 Å². The molecule has 1 saturated heterocycles. The minimum absolute atomic E-state index is 0.00814. The van der Waals surface area contributed by atoms with Crippen LogP contribution in [-0.2, 0) is 4.74 Å². The van der Waals surface area contributed by atoms with Gasteiger partial charge in [-0.2, -0.15) is 0 Å². The molecule has 0 spiro atoms. The van der Waals surface area contributed by atoms with Gasteiger partial charge in [0.25, 0.3) is 0 Å². The summed E-state index contributed by atoms with van der Waals surface area (Å²) in [4.78, 5) is 2.53. The summed E-state index contributed by atoms with van der Waals surface area (Å²) < 4.78 is 5.64. The van der Waals surface area contributed by atoms with Crippen LogP contribution in [-0.4, -0.2) is 61.5 Å². The molecule has 0 amide bonds. The van der Waals surface area contributed by atoms with Crippen molar-refractivity contribution in [3.8, 4) is 0 Å². The van der Waals surface area contributed by atoms with Gasteiger partial charge in [0, 0.05) is 25.7 Å². The fourth-order valence-electron chi connectivity index (χ4n) is 3.54. The molecule has 112 valence electrons. The standard InChI is InChI=1S/C15H30N2O2/c1-3-16-11-15(6-4-5-7-15)12-17-8-14(9-18)19-10-13(17)2/h13-14,16,18H,3-12H2,1-2H3. The zero-order chi connectivity index (χ0) is 13.7. The van der Waals surface area contributed by atoms with Gasteiger partial charge in [-0.3, -0.25) is 4.90 Å². The molecule has 2 fully saturated rings. The number of aliphatic hydroxyl groups is 1. The van der Waals surface area contributed by atoms with E-state index in [1.54, 1.807) is 0 Å². The Hall–Kier alpha value is -0.160. The molecule has 0 bridgehead atoms. The van der Waals surface area contributed by atoms with Crippen molar-refractivity contribution < 1.29 is 9.84 Å². The van der Waals surface area contributed by atoms with E-state index in [-0.39, 0.29) is 12.7 Å². The Morgan fingerprint density at radius 3 is 2.74 bits per heavy atom.